The second-order valence-electron chi connectivity index (χ2n) is 17.2. The number of rotatable bonds is 21. The first kappa shape index (κ1) is 46.1. The van der Waals surface area contributed by atoms with Crippen molar-refractivity contribution in [3.8, 4) is 0 Å². The van der Waals surface area contributed by atoms with Crippen molar-refractivity contribution < 1.29 is 34.1 Å². The zero-order valence-corrected chi connectivity index (χ0v) is 36.1. The number of aliphatic hydroxyl groups is 2. The lowest BCUT2D eigenvalue weighted by Crippen LogP contribution is -2.58. The van der Waals surface area contributed by atoms with Gasteiger partial charge in [0.05, 0.1) is 54.6 Å². The van der Waals surface area contributed by atoms with E-state index in [-0.39, 0.29) is 49.5 Å². The Balaban J connectivity index is 1.39. The van der Waals surface area contributed by atoms with Crippen molar-refractivity contribution in [1.29, 1.82) is 0 Å². The lowest BCUT2D eigenvalue weighted by atomic mass is 9.80. The Morgan fingerprint density at radius 2 is 1.63 bits per heavy atom. The molecule has 0 unspecified atom stereocenters. The van der Waals surface area contributed by atoms with E-state index >= 15 is 0 Å². The summed E-state index contributed by atoms with van der Waals surface area (Å²) in [7, 11) is 0. The van der Waals surface area contributed by atoms with Gasteiger partial charge >= 0.3 is 0 Å². The third-order valence-electron chi connectivity index (χ3n) is 12.0. The van der Waals surface area contributed by atoms with Gasteiger partial charge in [0.2, 0.25) is 23.6 Å². The number of nitrogens with one attached hydrogen (secondary N) is 4. The predicted octanol–water partition coefficient (Wildman–Crippen LogP) is 4.14. The van der Waals surface area contributed by atoms with Gasteiger partial charge in [-0.3, -0.25) is 24.1 Å². The van der Waals surface area contributed by atoms with Crippen LogP contribution in [0.1, 0.15) is 90.3 Å². The summed E-state index contributed by atoms with van der Waals surface area (Å²) in [5.41, 5.74) is 1.72. The number of aromatic nitrogens is 1. The largest absolute Gasteiger partial charge is 0.391 e. The molecule has 59 heavy (non-hydrogen) atoms. The van der Waals surface area contributed by atoms with E-state index in [1.165, 1.54) is 11.3 Å². The van der Waals surface area contributed by atoms with Crippen molar-refractivity contribution in [2.45, 2.75) is 122 Å². The maximum Gasteiger partial charge on any atom is 0.243 e. The lowest BCUT2D eigenvalue weighted by molar-refractivity contribution is -0.135. The first-order chi connectivity index (χ1) is 28.3. The van der Waals surface area contributed by atoms with Gasteiger partial charge in [-0.15, -0.1) is 11.3 Å². The highest BCUT2D eigenvalue weighted by molar-refractivity contribution is 7.07. The highest BCUT2D eigenvalue weighted by Crippen LogP contribution is 2.31. The fourth-order valence-electron chi connectivity index (χ4n) is 8.17. The molecule has 324 valence electrons. The fraction of sp³-hybridized carbons (Fsp3) is 0.622. The molecule has 1 aliphatic heterocycles. The van der Waals surface area contributed by atoms with Crippen LogP contribution in [-0.2, 0) is 36.8 Å². The van der Waals surface area contributed by atoms with Crippen LogP contribution in [0.25, 0.3) is 10.8 Å². The van der Waals surface area contributed by atoms with E-state index in [0.29, 0.717) is 45.0 Å². The standard InChI is InChI=1S/C45H66N6O7S/c1-5-30(2)26-46-42(54)36(45(3,4)57)25-40(52)37(22-31-12-7-6-8-13-31)49-44(56)39(24-34-28-59-29-47-34)50-43(55)38(48-41(53)27-51-18-20-58-21-19-51)23-33-16-11-15-32-14-9-10-17-35(32)33/h9-11,14-17,28-31,36-40,52,57H,5-8,12-13,18-27H2,1-4H3,(H,46,54)(H,48,53)(H,49,56)(H,50,55)/t30-,36+,37-,38-,39-,40-/m0/s1. The van der Waals surface area contributed by atoms with Crippen LogP contribution in [-0.4, -0.2) is 113 Å². The van der Waals surface area contributed by atoms with E-state index in [2.05, 4.69) is 26.3 Å². The molecule has 1 saturated carbocycles. The Morgan fingerprint density at radius 3 is 2.32 bits per heavy atom. The SMILES string of the molecule is CC[C@H](C)CNC(=O)[C@@H](C[C@H](O)[C@H](CC1CCCCC1)NC(=O)[C@H](Cc1cscn1)NC(=O)[C@H](Cc1cccc2ccccc12)NC(=O)CN1CCOCC1)C(C)(C)O. The number of hydrogen-bond donors (Lipinski definition) is 6. The highest BCUT2D eigenvalue weighted by Gasteiger charge is 2.39. The summed E-state index contributed by atoms with van der Waals surface area (Å²) in [6, 6.07) is 10.9. The molecule has 1 saturated heterocycles. The molecule has 2 aliphatic rings. The monoisotopic (exact) mass is 834 g/mol. The van der Waals surface area contributed by atoms with Crippen LogP contribution in [0.3, 0.4) is 0 Å². The number of amides is 4. The Hall–Kier alpha value is -3.95. The van der Waals surface area contributed by atoms with Gasteiger partial charge in [-0.05, 0) is 54.9 Å². The summed E-state index contributed by atoms with van der Waals surface area (Å²) in [5, 5.41) is 38.9. The second-order valence-corrected chi connectivity index (χ2v) is 17.9. The van der Waals surface area contributed by atoms with Gasteiger partial charge in [0, 0.05) is 37.9 Å². The number of hydrogen-bond acceptors (Lipinski definition) is 10. The number of carbonyl (C=O) groups is 4. The van der Waals surface area contributed by atoms with E-state index in [9.17, 15) is 29.4 Å². The van der Waals surface area contributed by atoms with Crippen molar-refractivity contribution in [2.75, 3.05) is 39.4 Å². The van der Waals surface area contributed by atoms with Gasteiger partial charge in [0.1, 0.15) is 12.1 Å². The van der Waals surface area contributed by atoms with Gasteiger partial charge in [0.15, 0.2) is 0 Å². The molecule has 13 nitrogen and oxygen atoms in total. The van der Waals surface area contributed by atoms with Crippen LogP contribution in [0.15, 0.2) is 53.4 Å². The maximum absolute atomic E-state index is 14.5. The minimum atomic E-state index is -1.44. The molecule has 2 fully saturated rings. The number of thiazole rings is 1. The van der Waals surface area contributed by atoms with Crippen molar-refractivity contribution in [3.05, 3.63) is 64.6 Å². The van der Waals surface area contributed by atoms with Crippen molar-refractivity contribution in [1.82, 2.24) is 31.2 Å². The Labute approximate surface area is 353 Å². The van der Waals surface area contributed by atoms with Crippen LogP contribution in [0.5, 0.6) is 0 Å². The molecule has 6 atom stereocenters. The number of fused-ring (bicyclic) bond motifs is 1. The third-order valence-corrected chi connectivity index (χ3v) is 12.7. The number of nitrogens with zero attached hydrogens (tertiary/aromatic N) is 2. The van der Waals surface area contributed by atoms with Gasteiger partial charge in [-0.2, -0.15) is 0 Å². The molecule has 0 bridgehead atoms. The van der Waals surface area contributed by atoms with Gasteiger partial charge < -0.3 is 36.2 Å². The summed E-state index contributed by atoms with van der Waals surface area (Å²) >= 11 is 1.38. The molecule has 6 N–H and O–H groups in total. The molecule has 2 aromatic carbocycles. The van der Waals surface area contributed by atoms with E-state index in [1.54, 1.807) is 19.4 Å². The van der Waals surface area contributed by atoms with Crippen LogP contribution in [0.4, 0.5) is 0 Å². The summed E-state index contributed by atoms with van der Waals surface area (Å²) in [6.45, 7) is 10.0. The molecule has 1 aromatic heterocycles. The number of ether oxygens (including phenoxy) is 1. The Kier molecular flexibility index (Phi) is 17.7. The molecule has 3 aromatic rings. The molecule has 4 amide bonds. The maximum atomic E-state index is 14.5. The van der Waals surface area contributed by atoms with Gasteiger partial charge in [0.25, 0.3) is 0 Å². The second kappa shape index (κ2) is 22.6. The molecule has 0 radical (unpaired) electrons. The average molecular weight is 835 g/mol. The molecular formula is C45H66N6O7S. The topological polar surface area (TPSA) is 182 Å². The summed E-state index contributed by atoms with van der Waals surface area (Å²) in [4.78, 5) is 62.4. The molecule has 2 heterocycles. The van der Waals surface area contributed by atoms with Crippen molar-refractivity contribution >= 4 is 45.7 Å². The van der Waals surface area contributed by atoms with Crippen LogP contribution < -0.4 is 21.3 Å². The normalized spacial score (nSPS) is 18.5. The van der Waals surface area contributed by atoms with Crippen LogP contribution >= 0.6 is 11.3 Å². The third kappa shape index (κ3) is 14.3. The summed E-state index contributed by atoms with van der Waals surface area (Å²) in [6.07, 6.45) is 5.58. The number of carbonyl (C=O) groups excluding carboxylic acids is 4. The van der Waals surface area contributed by atoms with Gasteiger partial charge in [-0.1, -0.05) is 94.8 Å². The number of benzene rings is 2. The van der Waals surface area contributed by atoms with Crippen LogP contribution in [0.2, 0.25) is 0 Å². The van der Waals surface area contributed by atoms with Gasteiger partial charge in [-0.25, -0.2) is 4.98 Å². The van der Waals surface area contributed by atoms with Crippen LogP contribution in [0, 0.1) is 17.8 Å². The Morgan fingerprint density at radius 1 is 0.932 bits per heavy atom. The van der Waals surface area contributed by atoms with Crippen molar-refractivity contribution in [2.24, 2.45) is 17.8 Å². The average Bonchev–Trinajstić information content (AvgIpc) is 3.74. The smallest absolute Gasteiger partial charge is 0.243 e. The Bertz CT molecular complexity index is 1790. The van der Waals surface area contributed by atoms with Crippen molar-refractivity contribution in [3.63, 3.8) is 0 Å². The lowest BCUT2D eigenvalue weighted by Gasteiger charge is -2.35. The van der Waals surface area contributed by atoms with E-state index in [1.807, 2.05) is 66.6 Å². The van der Waals surface area contributed by atoms with E-state index in [4.69, 9.17) is 4.74 Å². The molecule has 1 aliphatic carbocycles. The zero-order valence-electron chi connectivity index (χ0n) is 35.3. The first-order valence-corrected chi connectivity index (χ1v) is 22.5. The number of morpholine rings is 1. The summed E-state index contributed by atoms with van der Waals surface area (Å²) in [5.74, 6) is -2.11. The quantitative estimate of drug-likeness (QED) is 0.0920. The predicted molar refractivity (Wildman–Crippen MR) is 231 cm³/mol. The van der Waals surface area contributed by atoms with E-state index < -0.39 is 47.6 Å². The fourth-order valence-corrected chi connectivity index (χ4v) is 8.74. The van der Waals surface area contributed by atoms with E-state index in [0.717, 1.165) is 54.9 Å². The minimum Gasteiger partial charge on any atom is -0.391 e. The minimum absolute atomic E-state index is 0.0705. The number of aliphatic hydroxyl groups excluding tert-OH is 1. The molecule has 5 rings (SSSR count). The summed E-state index contributed by atoms with van der Waals surface area (Å²) < 4.78 is 5.46. The first-order valence-electron chi connectivity index (χ1n) is 21.5. The zero-order chi connectivity index (χ0) is 42.4. The highest BCUT2D eigenvalue weighted by atomic mass is 32.1. The molecule has 0 spiro atoms. The molecule has 14 heteroatoms. The molecular weight excluding hydrogens is 769 g/mol.